The number of hydrogen-bond acceptors (Lipinski definition) is 8. The van der Waals surface area contributed by atoms with Crippen molar-refractivity contribution in [3.8, 4) is 11.1 Å². The Balaban J connectivity index is 1.42. The first kappa shape index (κ1) is 32.2. The van der Waals surface area contributed by atoms with Crippen molar-refractivity contribution in [3.63, 3.8) is 0 Å². The number of aromatic nitrogens is 2. The minimum absolute atomic E-state index is 0.0598. The number of anilines is 1. The predicted molar refractivity (Wildman–Crippen MR) is 166 cm³/mol. The molecule has 1 aromatic heterocycles. The number of carbonyl (C=O) groups is 3. The van der Waals surface area contributed by atoms with Gasteiger partial charge in [-0.05, 0) is 86.4 Å². The first-order valence-electron chi connectivity index (χ1n) is 14.7. The number of amides is 2. The highest BCUT2D eigenvalue weighted by molar-refractivity contribution is 6.06. The van der Waals surface area contributed by atoms with Gasteiger partial charge in [-0.2, -0.15) is 0 Å². The van der Waals surface area contributed by atoms with Gasteiger partial charge in [0.2, 0.25) is 5.95 Å². The normalized spacial score (nSPS) is 13.1. The molecule has 0 radical (unpaired) electrons. The number of unbranched alkanes of at least 4 members (excludes halogenated alkanes) is 1. The fourth-order valence-corrected chi connectivity index (χ4v) is 5.50. The second kappa shape index (κ2) is 13.9. The maximum atomic E-state index is 14.6. The van der Waals surface area contributed by atoms with Crippen LogP contribution in [0.2, 0.25) is 0 Å². The lowest BCUT2D eigenvalue weighted by Crippen LogP contribution is -2.41. The number of nitrogens with one attached hydrogen (secondary N) is 1. The Morgan fingerprint density at radius 2 is 1.72 bits per heavy atom. The zero-order valence-electron chi connectivity index (χ0n) is 25.4. The summed E-state index contributed by atoms with van der Waals surface area (Å²) in [5.41, 5.74) is 9.16. The highest BCUT2D eigenvalue weighted by atomic mass is 19.2. The Bertz CT molecular complexity index is 1780. The van der Waals surface area contributed by atoms with E-state index in [1.54, 1.807) is 23.1 Å². The van der Waals surface area contributed by atoms with Crippen LogP contribution in [0.1, 0.15) is 46.4 Å². The molecule has 0 bridgehead atoms. The zero-order valence-corrected chi connectivity index (χ0v) is 25.4. The summed E-state index contributed by atoms with van der Waals surface area (Å²) in [6, 6.07) is 13.3. The molecule has 13 heteroatoms. The average molecular weight is 633 g/mol. The van der Waals surface area contributed by atoms with Gasteiger partial charge in [-0.15, -0.1) is 0 Å². The van der Waals surface area contributed by atoms with E-state index in [0.29, 0.717) is 36.0 Å². The molecule has 5 rings (SSSR count). The molecule has 240 valence electrons. The number of ether oxygens (including phenoxy) is 1. The lowest BCUT2D eigenvalue weighted by Gasteiger charge is -2.18. The second-order valence-electron chi connectivity index (χ2n) is 11.4. The van der Waals surface area contributed by atoms with E-state index in [-0.39, 0.29) is 35.1 Å². The van der Waals surface area contributed by atoms with E-state index in [1.807, 2.05) is 43.3 Å². The van der Waals surface area contributed by atoms with Crippen LogP contribution >= 0.6 is 0 Å². The summed E-state index contributed by atoms with van der Waals surface area (Å²) in [5, 5.41) is 11.8. The maximum absolute atomic E-state index is 14.6. The summed E-state index contributed by atoms with van der Waals surface area (Å²) >= 11 is 0. The van der Waals surface area contributed by atoms with Gasteiger partial charge in [0.1, 0.15) is 18.3 Å². The monoisotopic (exact) mass is 632 g/mol. The molecule has 11 nitrogen and oxygen atoms in total. The molecule has 0 saturated heterocycles. The molecular weight excluding hydrogens is 598 g/mol. The molecule has 1 aliphatic rings. The SMILES string of the molecule is CN(C)CCCC[C@H](NC(=O)O)C(=O)OCc1cc(F)c(F)cc1-c1ccc2nc(N)nc(C(=O)N3Cc4ccccc4C3)c2c1. The van der Waals surface area contributed by atoms with E-state index in [1.165, 1.54) is 0 Å². The Hall–Kier alpha value is -5.17. The quantitative estimate of drug-likeness (QED) is 0.158. The molecule has 2 heterocycles. The van der Waals surface area contributed by atoms with Gasteiger partial charge in [0.15, 0.2) is 11.6 Å². The van der Waals surface area contributed by atoms with Crippen molar-refractivity contribution in [1.29, 1.82) is 0 Å². The van der Waals surface area contributed by atoms with Gasteiger partial charge in [0.25, 0.3) is 5.91 Å². The van der Waals surface area contributed by atoms with Crippen LogP contribution in [0.25, 0.3) is 22.0 Å². The number of fused-ring (bicyclic) bond motifs is 2. The van der Waals surface area contributed by atoms with Gasteiger partial charge in [0, 0.05) is 24.0 Å². The van der Waals surface area contributed by atoms with E-state index >= 15 is 0 Å². The van der Waals surface area contributed by atoms with Crippen molar-refractivity contribution in [2.45, 2.75) is 45.0 Å². The molecule has 4 aromatic rings. The maximum Gasteiger partial charge on any atom is 0.405 e. The summed E-state index contributed by atoms with van der Waals surface area (Å²) in [5.74, 6) is -3.58. The molecule has 4 N–H and O–H groups in total. The van der Waals surface area contributed by atoms with Crippen molar-refractivity contribution in [1.82, 2.24) is 25.1 Å². The van der Waals surface area contributed by atoms with Crippen LogP contribution in [0.15, 0.2) is 54.6 Å². The van der Waals surface area contributed by atoms with Crippen molar-refractivity contribution < 1.29 is 33.0 Å². The number of nitrogens with zero attached hydrogens (tertiary/aromatic N) is 4. The van der Waals surface area contributed by atoms with Crippen LogP contribution in [-0.2, 0) is 29.2 Å². The number of esters is 1. The van der Waals surface area contributed by atoms with Gasteiger partial charge in [-0.3, -0.25) is 4.79 Å². The lowest BCUT2D eigenvalue weighted by atomic mass is 9.97. The number of carbonyl (C=O) groups excluding carboxylic acids is 2. The predicted octanol–water partition coefficient (Wildman–Crippen LogP) is 4.72. The summed E-state index contributed by atoms with van der Waals surface area (Å²) in [7, 11) is 3.81. The van der Waals surface area contributed by atoms with Crippen LogP contribution in [0.4, 0.5) is 19.5 Å². The van der Waals surface area contributed by atoms with Crippen molar-refractivity contribution >= 4 is 34.8 Å². The number of nitrogen functional groups attached to an aromatic ring is 1. The molecule has 0 spiro atoms. The smallest absolute Gasteiger partial charge is 0.405 e. The van der Waals surface area contributed by atoms with Gasteiger partial charge in [-0.1, -0.05) is 30.3 Å². The fourth-order valence-electron chi connectivity index (χ4n) is 5.50. The number of halogens is 2. The van der Waals surface area contributed by atoms with Crippen molar-refractivity contribution in [2.24, 2.45) is 0 Å². The Labute approximate surface area is 264 Å². The molecule has 1 aliphatic heterocycles. The van der Waals surface area contributed by atoms with E-state index in [0.717, 1.165) is 36.2 Å². The molecule has 0 unspecified atom stereocenters. The van der Waals surface area contributed by atoms with Gasteiger partial charge < -0.3 is 30.7 Å². The summed E-state index contributed by atoms with van der Waals surface area (Å²) in [6.07, 6.45) is 0.113. The highest BCUT2D eigenvalue weighted by Crippen LogP contribution is 2.32. The topological polar surface area (TPSA) is 151 Å². The molecule has 0 aliphatic carbocycles. The van der Waals surface area contributed by atoms with Crippen molar-refractivity contribution in [2.75, 3.05) is 26.4 Å². The van der Waals surface area contributed by atoms with Crippen molar-refractivity contribution in [3.05, 3.63) is 88.6 Å². The van der Waals surface area contributed by atoms with E-state index in [2.05, 4.69) is 15.3 Å². The van der Waals surface area contributed by atoms with Gasteiger partial charge in [-0.25, -0.2) is 28.3 Å². The fraction of sp³-hybridized carbons (Fsp3) is 0.303. The van der Waals surface area contributed by atoms with E-state index in [4.69, 9.17) is 10.5 Å². The van der Waals surface area contributed by atoms with Crippen LogP contribution in [0.3, 0.4) is 0 Å². The number of rotatable bonds is 11. The van der Waals surface area contributed by atoms with Crippen LogP contribution in [0, 0.1) is 11.6 Å². The summed E-state index contributed by atoms with van der Waals surface area (Å²) in [4.78, 5) is 50.1. The number of nitrogens with two attached hydrogens (primary N) is 1. The number of benzene rings is 3. The third-order valence-corrected chi connectivity index (χ3v) is 7.80. The van der Waals surface area contributed by atoms with Crippen LogP contribution in [-0.4, -0.2) is 69.5 Å². The van der Waals surface area contributed by atoms with Crippen LogP contribution < -0.4 is 11.1 Å². The highest BCUT2D eigenvalue weighted by Gasteiger charge is 2.27. The number of hydrogen-bond donors (Lipinski definition) is 3. The molecule has 2 amide bonds. The molecule has 0 saturated carbocycles. The molecule has 1 atom stereocenters. The van der Waals surface area contributed by atoms with Gasteiger partial charge in [0.05, 0.1) is 5.52 Å². The summed E-state index contributed by atoms with van der Waals surface area (Å²) < 4.78 is 34.5. The Morgan fingerprint density at radius 1 is 1.02 bits per heavy atom. The molecule has 46 heavy (non-hydrogen) atoms. The standard InChI is InChI=1S/C33H34F2N6O5/c1-40(2)12-6-5-9-28(38-33(44)45)31(43)46-18-22-14-25(34)26(35)15-23(22)19-10-11-27-24(13-19)29(39-32(36)37-27)30(42)41-16-20-7-3-4-8-21(20)17-41/h3-4,7-8,10-11,13-15,28,38H,5-6,9,12,16-18H2,1-2H3,(H,44,45)(H2,36,37,39)/t28-/m0/s1. The number of carboxylic acid groups (broad SMARTS) is 1. The third kappa shape index (κ3) is 7.37. The Morgan fingerprint density at radius 3 is 2.39 bits per heavy atom. The summed E-state index contributed by atoms with van der Waals surface area (Å²) in [6.45, 7) is 1.09. The first-order chi connectivity index (χ1) is 22.0. The minimum Gasteiger partial charge on any atom is -0.465 e. The molecular formula is C33H34F2N6O5. The Kier molecular flexibility index (Phi) is 9.71. The van der Waals surface area contributed by atoms with Gasteiger partial charge >= 0.3 is 12.1 Å². The third-order valence-electron chi connectivity index (χ3n) is 7.80. The lowest BCUT2D eigenvalue weighted by molar-refractivity contribution is -0.147. The van der Waals surface area contributed by atoms with E-state index < -0.39 is 36.3 Å². The minimum atomic E-state index is -1.38. The van der Waals surface area contributed by atoms with Crippen LogP contribution in [0.5, 0.6) is 0 Å². The molecule has 3 aromatic carbocycles. The molecule has 0 fully saturated rings. The first-order valence-corrected chi connectivity index (χ1v) is 14.7. The largest absolute Gasteiger partial charge is 0.465 e. The average Bonchev–Trinajstić information content (AvgIpc) is 3.46. The second-order valence-corrected chi connectivity index (χ2v) is 11.4. The zero-order chi connectivity index (χ0) is 33.0. The van der Waals surface area contributed by atoms with E-state index in [9.17, 15) is 28.3 Å².